The maximum atomic E-state index is 12.4. The normalized spacial score (nSPS) is 12.0. The Morgan fingerprint density at radius 2 is 1.81 bits per heavy atom. The van der Waals surface area contributed by atoms with E-state index in [-0.39, 0.29) is 19.3 Å². The molecule has 0 bridgehead atoms. The molecule has 0 heterocycles. The maximum absolute atomic E-state index is 12.4. The second kappa shape index (κ2) is 9.55. The van der Waals surface area contributed by atoms with E-state index >= 15 is 0 Å². The van der Waals surface area contributed by atoms with E-state index in [0.717, 1.165) is 11.8 Å². The molecule has 0 aliphatic carbocycles. The van der Waals surface area contributed by atoms with Gasteiger partial charge in [0.25, 0.3) is 0 Å². The molecule has 0 aliphatic heterocycles. The van der Waals surface area contributed by atoms with Crippen LogP contribution in [-0.2, 0) is 25.5 Å². The van der Waals surface area contributed by atoms with E-state index < -0.39 is 29.6 Å². The van der Waals surface area contributed by atoms with Gasteiger partial charge < -0.3 is 25.3 Å². The number of carbonyl (C=O) groups excluding carboxylic acids is 3. The quantitative estimate of drug-likeness (QED) is 0.608. The molecule has 0 spiro atoms. The maximum Gasteiger partial charge on any atom is 0.408 e. The number of carboxylic acids is 1. The van der Waals surface area contributed by atoms with Gasteiger partial charge in [0.2, 0.25) is 5.91 Å². The molecule has 8 heteroatoms. The highest BCUT2D eigenvalue weighted by Crippen LogP contribution is 2.12. The van der Waals surface area contributed by atoms with Gasteiger partial charge in [-0.15, -0.1) is 0 Å². The van der Waals surface area contributed by atoms with Crippen molar-refractivity contribution in [1.82, 2.24) is 5.32 Å². The number of alkyl carbamates (subject to hydrolysis) is 1. The largest absolute Gasteiger partial charge is 0.481 e. The topological polar surface area (TPSA) is 122 Å². The first kappa shape index (κ1) is 21.1. The first-order valence-corrected chi connectivity index (χ1v) is 8.15. The molecule has 8 nitrogen and oxygen atoms in total. The van der Waals surface area contributed by atoms with Crippen molar-refractivity contribution in [3.8, 4) is 0 Å². The van der Waals surface area contributed by atoms with Gasteiger partial charge in [-0.25, -0.2) is 4.79 Å². The monoisotopic (exact) mass is 364 g/mol. The first-order valence-electron chi connectivity index (χ1n) is 8.15. The van der Waals surface area contributed by atoms with Crippen molar-refractivity contribution in [2.45, 2.75) is 51.7 Å². The summed E-state index contributed by atoms with van der Waals surface area (Å²) in [6.45, 7) is 5.04. The molecule has 1 atom stereocenters. The number of hydrogen-bond donors (Lipinski definition) is 3. The standard InChI is InChI=1S/C18H24N2O6/c1-18(2,3)26-17(25)20-14(8-9-15(22)23)16(24)19-13-6-4-12(5-7-13)10-11-21/h4-7,11,14H,8-10H2,1-3H3,(H,19,24)(H,20,25)(H,22,23). The van der Waals surface area contributed by atoms with Crippen LogP contribution in [-0.4, -0.2) is 41.0 Å². The van der Waals surface area contributed by atoms with Crippen molar-refractivity contribution in [2.24, 2.45) is 0 Å². The number of benzene rings is 1. The Kier molecular flexibility index (Phi) is 7.77. The van der Waals surface area contributed by atoms with Crippen LogP contribution < -0.4 is 10.6 Å². The van der Waals surface area contributed by atoms with Crippen molar-refractivity contribution in [3.63, 3.8) is 0 Å². The summed E-state index contributed by atoms with van der Waals surface area (Å²) in [6.07, 6.45) is -0.115. The third kappa shape index (κ3) is 8.27. The molecule has 0 aromatic heterocycles. The van der Waals surface area contributed by atoms with Gasteiger partial charge in [-0.1, -0.05) is 12.1 Å². The lowest BCUT2D eigenvalue weighted by molar-refractivity contribution is -0.137. The highest BCUT2D eigenvalue weighted by Gasteiger charge is 2.25. The van der Waals surface area contributed by atoms with Crippen molar-refractivity contribution < 1.29 is 29.0 Å². The van der Waals surface area contributed by atoms with Crippen LogP contribution in [0.1, 0.15) is 39.2 Å². The van der Waals surface area contributed by atoms with E-state index in [0.29, 0.717) is 5.69 Å². The summed E-state index contributed by atoms with van der Waals surface area (Å²) in [5.41, 5.74) is 0.523. The number of amides is 2. The van der Waals surface area contributed by atoms with Gasteiger partial charge in [-0.2, -0.15) is 0 Å². The predicted molar refractivity (Wildman–Crippen MR) is 94.9 cm³/mol. The Balaban J connectivity index is 2.77. The SMILES string of the molecule is CC(C)(C)OC(=O)NC(CCC(=O)O)C(=O)Nc1ccc(CC=O)cc1. The van der Waals surface area contributed by atoms with Crippen LogP contribution in [0.3, 0.4) is 0 Å². The molecule has 0 aliphatic rings. The molecule has 2 amide bonds. The van der Waals surface area contributed by atoms with Crippen LogP contribution >= 0.6 is 0 Å². The minimum Gasteiger partial charge on any atom is -0.481 e. The number of carbonyl (C=O) groups is 4. The predicted octanol–water partition coefficient (Wildman–Crippen LogP) is 2.12. The highest BCUT2D eigenvalue weighted by molar-refractivity contribution is 5.96. The molecule has 1 unspecified atom stereocenters. The average Bonchev–Trinajstić information content (AvgIpc) is 2.51. The molecule has 142 valence electrons. The summed E-state index contributed by atoms with van der Waals surface area (Å²) >= 11 is 0. The zero-order chi connectivity index (χ0) is 19.7. The lowest BCUT2D eigenvalue weighted by Gasteiger charge is -2.23. The second-order valence-electron chi connectivity index (χ2n) is 6.69. The molecular formula is C18H24N2O6. The molecule has 3 N–H and O–H groups in total. The summed E-state index contributed by atoms with van der Waals surface area (Å²) in [4.78, 5) is 45.6. The molecule has 0 saturated heterocycles. The number of hydrogen-bond acceptors (Lipinski definition) is 5. The van der Waals surface area contributed by atoms with E-state index in [4.69, 9.17) is 9.84 Å². The summed E-state index contributed by atoms with van der Waals surface area (Å²) in [5, 5.41) is 13.8. The van der Waals surface area contributed by atoms with E-state index in [1.54, 1.807) is 45.0 Å². The van der Waals surface area contributed by atoms with Gasteiger partial charge in [0.05, 0.1) is 0 Å². The zero-order valence-electron chi connectivity index (χ0n) is 15.1. The third-order valence-corrected chi connectivity index (χ3v) is 3.19. The lowest BCUT2D eigenvalue weighted by Crippen LogP contribution is -2.46. The molecule has 0 saturated carbocycles. The smallest absolute Gasteiger partial charge is 0.408 e. The van der Waals surface area contributed by atoms with Crippen molar-refractivity contribution in [1.29, 1.82) is 0 Å². The molecule has 0 fully saturated rings. The van der Waals surface area contributed by atoms with Crippen LogP contribution in [0.15, 0.2) is 24.3 Å². The Labute approximate surface area is 151 Å². The number of ether oxygens (including phenoxy) is 1. The van der Waals surface area contributed by atoms with E-state index in [2.05, 4.69) is 10.6 Å². The van der Waals surface area contributed by atoms with Crippen LogP contribution in [0.4, 0.5) is 10.5 Å². The fraction of sp³-hybridized carbons (Fsp3) is 0.444. The molecule has 1 aromatic carbocycles. The van der Waals surface area contributed by atoms with Crippen LogP contribution in [0.2, 0.25) is 0 Å². The highest BCUT2D eigenvalue weighted by atomic mass is 16.6. The van der Waals surface area contributed by atoms with Gasteiger partial charge in [0.1, 0.15) is 17.9 Å². The Morgan fingerprint density at radius 3 is 2.31 bits per heavy atom. The minimum absolute atomic E-state index is 0.0797. The van der Waals surface area contributed by atoms with Gasteiger partial charge in [-0.05, 0) is 44.9 Å². The lowest BCUT2D eigenvalue weighted by atomic mass is 10.1. The van der Waals surface area contributed by atoms with E-state index in [1.807, 2.05) is 0 Å². The number of aliphatic carboxylic acids is 1. The number of rotatable bonds is 8. The summed E-state index contributed by atoms with van der Waals surface area (Å²) < 4.78 is 5.11. The summed E-state index contributed by atoms with van der Waals surface area (Å²) in [6, 6.07) is 5.57. The first-order chi connectivity index (χ1) is 12.1. The van der Waals surface area contributed by atoms with Gasteiger partial charge in [0.15, 0.2) is 0 Å². The summed E-state index contributed by atoms with van der Waals surface area (Å²) in [5.74, 6) is -1.63. The minimum atomic E-state index is -1.08. The number of nitrogens with one attached hydrogen (secondary N) is 2. The number of anilines is 1. The number of aldehydes is 1. The van der Waals surface area contributed by atoms with Gasteiger partial charge in [0, 0.05) is 18.5 Å². The third-order valence-electron chi connectivity index (χ3n) is 3.19. The van der Waals surface area contributed by atoms with Crippen molar-refractivity contribution in [2.75, 3.05) is 5.32 Å². The zero-order valence-corrected chi connectivity index (χ0v) is 15.1. The van der Waals surface area contributed by atoms with E-state index in [1.165, 1.54) is 0 Å². The molecule has 0 radical (unpaired) electrons. The Hall–Kier alpha value is -2.90. The fourth-order valence-electron chi connectivity index (χ4n) is 2.04. The molecule has 1 rings (SSSR count). The van der Waals surface area contributed by atoms with Crippen LogP contribution in [0.25, 0.3) is 0 Å². The molecular weight excluding hydrogens is 340 g/mol. The second-order valence-corrected chi connectivity index (χ2v) is 6.69. The van der Waals surface area contributed by atoms with Crippen LogP contribution in [0.5, 0.6) is 0 Å². The Morgan fingerprint density at radius 1 is 1.19 bits per heavy atom. The van der Waals surface area contributed by atoms with Gasteiger partial charge in [-0.3, -0.25) is 9.59 Å². The Bertz CT molecular complexity index is 649. The van der Waals surface area contributed by atoms with Crippen LogP contribution in [0, 0.1) is 0 Å². The fourth-order valence-corrected chi connectivity index (χ4v) is 2.04. The summed E-state index contributed by atoms with van der Waals surface area (Å²) in [7, 11) is 0. The molecule has 26 heavy (non-hydrogen) atoms. The van der Waals surface area contributed by atoms with Gasteiger partial charge >= 0.3 is 12.1 Å². The number of carboxylic acid groups (broad SMARTS) is 1. The van der Waals surface area contributed by atoms with Crippen molar-refractivity contribution >= 4 is 29.9 Å². The van der Waals surface area contributed by atoms with Crippen molar-refractivity contribution in [3.05, 3.63) is 29.8 Å². The molecule has 1 aromatic rings. The average molecular weight is 364 g/mol. The van der Waals surface area contributed by atoms with E-state index in [9.17, 15) is 19.2 Å².